The Balaban J connectivity index is 0.000000128. The molecule has 0 amide bonds. The van der Waals surface area contributed by atoms with E-state index in [0.29, 0.717) is 6.17 Å². The third-order valence-electron chi connectivity index (χ3n) is 22.8. The molecule has 8 aromatic carbocycles. The molecule has 544 valence electrons. The standard InChI is InChI=1S/C27H30BN3.C23H28BN3.C22H28BN3.C18H26BN3/c1-20-30(21-13-7-6-8-14-21)25-17-11-12-18-26(25)31(20)28-19-23(27(2,3)4)22-15-9-10-16-24(22)29(28)5;1-18-26(19-11-7-6-8-12-19)15-16-27(18)24-17-21(23(2,3)4)20-13-9-10-14-22(20)25(24)5;1-16-24(5)20-13-9-10-14-21(20)26(16)23-15-18(22(2,3)4)17-11-7-8-12-19(17)25(23)6;1-14-20(5)11-12-22(14)19-13-16(18(2,3)4)15-9-7-8-10-17(15)21(19)6/h6-20H,1-5H3;6-18H,1-5H3;7-16H,1-6H3;7-14H,1-6H3/t20-;18-;16-;14-/m0000/s1/i;;;5D3. The zero-order chi connectivity index (χ0) is 78.1. The summed E-state index contributed by atoms with van der Waals surface area (Å²) in [6, 6.07) is 73.6. The van der Waals surface area contributed by atoms with Gasteiger partial charge in [-0.2, -0.15) is 0 Å². The van der Waals surface area contributed by atoms with Gasteiger partial charge in [0.25, 0.3) is 0 Å². The monoisotopic (exact) mass is 1410 g/mol. The van der Waals surface area contributed by atoms with Crippen molar-refractivity contribution in [2.24, 2.45) is 21.7 Å². The number of para-hydroxylation sites is 10. The number of hydrogen-bond donors (Lipinski definition) is 0. The molecule has 0 unspecified atom stereocenters. The predicted molar refractivity (Wildman–Crippen MR) is 463 cm³/mol. The molecule has 8 aliphatic heterocycles. The van der Waals surface area contributed by atoms with Gasteiger partial charge in [0.05, 0.1) is 47.4 Å². The van der Waals surface area contributed by atoms with Gasteiger partial charge in [0.2, 0.25) is 0 Å². The number of nitrogens with zero attached hydrogens (tertiary/aromatic N) is 12. The van der Waals surface area contributed by atoms with E-state index >= 15 is 0 Å². The first kappa shape index (κ1) is 70.4. The van der Waals surface area contributed by atoms with E-state index < -0.39 is 6.98 Å². The molecule has 0 fully saturated rings. The molecule has 0 saturated heterocycles. The summed E-state index contributed by atoms with van der Waals surface area (Å²) >= 11 is 0. The number of benzene rings is 8. The quantitative estimate of drug-likeness (QED) is 0.149. The number of anilines is 10. The van der Waals surface area contributed by atoms with Gasteiger partial charge in [-0.25, -0.2) is 0 Å². The molecule has 16 heteroatoms. The van der Waals surface area contributed by atoms with Gasteiger partial charge in [0.1, 0.15) is 0 Å². The maximum Gasteiger partial charge on any atom is 0.405 e. The summed E-state index contributed by atoms with van der Waals surface area (Å²) in [5.41, 5.74) is 23.8. The van der Waals surface area contributed by atoms with Crippen LogP contribution in [0, 0.1) is 21.7 Å². The fraction of sp³-hybridized carbons (Fsp3) is 0.333. The molecule has 0 saturated carbocycles. The maximum absolute atomic E-state index is 7.72. The summed E-state index contributed by atoms with van der Waals surface area (Å²) in [6.07, 6.45) is 8.50. The molecule has 0 bridgehead atoms. The number of hydrogen-bond acceptors (Lipinski definition) is 12. The van der Waals surface area contributed by atoms with Crippen LogP contribution in [0.2, 0.25) is 0 Å². The predicted octanol–water partition coefficient (Wildman–Crippen LogP) is 20.4. The third kappa shape index (κ3) is 13.9. The van der Waals surface area contributed by atoms with E-state index in [0.717, 1.165) is 0 Å². The highest BCUT2D eigenvalue weighted by Crippen LogP contribution is 2.51. The summed E-state index contributed by atoms with van der Waals surface area (Å²) < 4.78 is 23.2. The lowest BCUT2D eigenvalue weighted by atomic mass is 9.62. The lowest BCUT2D eigenvalue weighted by Gasteiger charge is -2.43. The average molecular weight is 1410 g/mol. The maximum atomic E-state index is 7.72. The van der Waals surface area contributed by atoms with E-state index in [9.17, 15) is 0 Å². The van der Waals surface area contributed by atoms with E-state index in [4.69, 9.17) is 4.11 Å². The minimum atomic E-state index is -2.13. The number of allylic oxidation sites excluding steroid dienone is 4. The van der Waals surface area contributed by atoms with Crippen LogP contribution in [0.5, 0.6) is 0 Å². The van der Waals surface area contributed by atoms with Gasteiger partial charge in [0, 0.05) is 77.1 Å². The molecule has 16 rings (SSSR count). The van der Waals surface area contributed by atoms with Crippen LogP contribution in [0.15, 0.2) is 255 Å². The Morgan fingerprint density at radius 2 is 0.594 bits per heavy atom. The fourth-order valence-corrected chi connectivity index (χ4v) is 17.0. The minimum Gasteiger partial charge on any atom is -0.395 e. The van der Waals surface area contributed by atoms with E-state index in [1.54, 1.807) is 6.20 Å². The van der Waals surface area contributed by atoms with Gasteiger partial charge >= 0.3 is 27.9 Å². The molecule has 0 radical (unpaired) electrons. The molecular weight excluding hydrogens is 1290 g/mol. The van der Waals surface area contributed by atoms with Crippen molar-refractivity contribution in [2.75, 3.05) is 85.8 Å². The first-order valence-corrected chi connectivity index (χ1v) is 38.1. The van der Waals surface area contributed by atoms with Crippen molar-refractivity contribution in [1.29, 1.82) is 0 Å². The highest BCUT2D eigenvalue weighted by molar-refractivity contribution is 6.75. The summed E-state index contributed by atoms with van der Waals surface area (Å²) in [6.45, 7) is 34.6. The Morgan fingerprint density at radius 3 is 0.981 bits per heavy atom. The molecule has 8 aromatic rings. The van der Waals surface area contributed by atoms with Gasteiger partial charge in [0.15, 0.2) is 0 Å². The Labute approximate surface area is 642 Å². The van der Waals surface area contributed by atoms with Crippen molar-refractivity contribution >= 4 is 107 Å². The smallest absolute Gasteiger partial charge is 0.395 e. The van der Waals surface area contributed by atoms with Crippen LogP contribution in [-0.4, -0.2) is 109 Å². The van der Waals surface area contributed by atoms with E-state index in [-0.39, 0.29) is 68.1 Å². The van der Waals surface area contributed by atoms with Crippen LogP contribution in [-0.2, 0) is 0 Å². The number of rotatable bonds is 6. The van der Waals surface area contributed by atoms with Crippen LogP contribution in [0.4, 0.5) is 56.9 Å². The van der Waals surface area contributed by atoms with Gasteiger partial charge < -0.3 is 58.1 Å². The van der Waals surface area contributed by atoms with E-state index in [1.165, 1.54) is 106 Å². The van der Waals surface area contributed by atoms with Crippen LogP contribution in [0.3, 0.4) is 0 Å². The largest absolute Gasteiger partial charge is 0.405 e. The zero-order valence-corrected chi connectivity index (χ0v) is 66.7. The van der Waals surface area contributed by atoms with Crippen molar-refractivity contribution in [3.8, 4) is 0 Å². The molecule has 8 heterocycles. The average Bonchev–Trinajstić information content (AvgIpc) is 1.55. The van der Waals surface area contributed by atoms with Crippen molar-refractivity contribution in [1.82, 2.24) is 14.5 Å². The fourth-order valence-electron chi connectivity index (χ4n) is 17.0. The van der Waals surface area contributed by atoms with Gasteiger partial charge in [-0.1, -0.05) is 240 Å². The topological polar surface area (TPSA) is 38.9 Å². The Hall–Kier alpha value is -9.94. The lowest BCUT2D eigenvalue weighted by molar-refractivity contribution is 0.272. The van der Waals surface area contributed by atoms with Crippen molar-refractivity contribution in [2.45, 2.75) is 135 Å². The Kier molecular flexibility index (Phi) is 19.3. The highest BCUT2D eigenvalue weighted by atomic mass is 15.4. The molecule has 0 aliphatic carbocycles. The van der Waals surface area contributed by atoms with Crippen molar-refractivity contribution in [3.05, 3.63) is 277 Å². The zero-order valence-electron chi connectivity index (χ0n) is 69.7. The summed E-state index contributed by atoms with van der Waals surface area (Å²) in [5, 5.41) is 0. The first-order valence-electron chi connectivity index (χ1n) is 39.6. The normalized spacial score (nSPS) is 20.0. The second-order valence-corrected chi connectivity index (χ2v) is 33.8. The molecule has 4 atom stereocenters. The van der Waals surface area contributed by atoms with E-state index in [1.807, 2.05) is 13.1 Å². The Morgan fingerprint density at radius 1 is 0.292 bits per heavy atom. The van der Waals surface area contributed by atoms with Crippen molar-refractivity contribution in [3.63, 3.8) is 0 Å². The first-order chi connectivity index (χ1) is 51.6. The molecule has 0 spiro atoms. The molecule has 12 nitrogen and oxygen atoms in total. The van der Waals surface area contributed by atoms with Crippen LogP contribution in [0.25, 0.3) is 22.3 Å². The lowest BCUT2D eigenvalue weighted by Crippen LogP contribution is -2.57. The van der Waals surface area contributed by atoms with Crippen molar-refractivity contribution < 1.29 is 4.11 Å². The number of fused-ring (bicyclic) bond motifs is 6. The summed E-state index contributed by atoms with van der Waals surface area (Å²) in [5.74, 6) is 9.66. The Bertz CT molecular complexity index is 4800. The van der Waals surface area contributed by atoms with Crippen LogP contribution < -0.4 is 43.6 Å². The SMILES string of the molecule is C[C@@H]1N(B2C=C(C(C)(C)C)c3ccccc3N2C)C=CN1c1ccccc1.C[C@@H]1N(B2C=C(C(C)(C)C)c3ccccc3N2C)c2ccccc2N1c1ccccc1.C[C@H]1N(C)c2ccccc2N1B1C=C(C(C)(C)C)c2ccccc2N1C.[2H]C([2H])([2H])N1C=CN(B2C=C(C(C)(C)C)c3ccccc3N2C)[C@H]1C. The molecule has 0 N–H and O–H groups in total. The van der Waals surface area contributed by atoms with Gasteiger partial charge in [-0.3, -0.25) is 0 Å². The molecule has 0 aromatic heterocycles. The van der Waals surface area contributed by atoms with Gasteiger partial charge in [-0.15, -0.1) is 0 Å². The van der Waals surface area contributed by atoms with E-state index in [2.05, 4.69) is 435 Å². The molecular formula is C90H112B4N12. The summed E-state index contributed by atoms with van der Waals surface area (Å²) in [7, 11) is 10.9. The second-order valence-electron chi connectivity index (χ2n) is 33.8. The molecule has 106 heavy (non-hydrogen) atoms. The van der Waals surface area contributed by atoms with Crippen LogP contribution in [0.1, 0.15) is 137 Å². The minimum absolute atomic E-state index is 0.00596. The highest BCUT2D eigenvalue weighted by Gasteiger charge is 2.47. The third-order valence-corrected chi connectivity index (χ3v) is 22.8. The molecule has 8 aliphatic rings. The van der Waals surface area contributed by atoms with Crippen LogP contribution >= 0.6 is 0 Å². The summed E-state index contributed by atoms with van der Waals surface area (Å²) in [4.78, 5) is 27.7. The second kappa shape index (κ2) is 29.1. The van der Waals surface area contributed by atoms with Gasteiger partial charge in [-0.05, 0) is 195 Å².